The van der Waals surface area contributed by atoms with Gasteiger partial charge in [0, 0.05) is 10.9 Å². The summed E-state index contributed by atoms with van der Waals surface area (Å²) in [5.41, 5.74) is 5.83. The van der Waals surface area contributed by atoms with E-state index < -0.39 is 12.0 Å². The second-order valence-corrected chi connectivity index (χ2v) is 5.71. The molecule has 7 heteroatoms. The van der Waals surface area contributed by atoms with Gasteiger partial charge < -0.3 is 9.47 Å². The highest BCUT2D eigenvalue weighted by Gasteiger charge is 2.14. The predicted molar refractivity (Wildman–Crippen MR) is 92.8 cm³/mol. The molecule has 0 aliphatic carbocycles. The van der Waals surface area contributed by atoms with Gasteiger partial charge in [0.25, 0.3) is 5.91 Å². The van der Waals surface area contributed by atoms with Crippen LogP contribution in [0.1, 0.15) is 15.9 Å². The van der Waals surface area contributed by atoms with Crippen LogP contribution in [0.3, 0.4) is 0 Å². The van der Waals surface area contributed by atoms with Crippen molar-refractivity contribution in [3.05, 3.63) is 64.1 Å². The first-order valence-corrected chi connectivity index (χ1v) is 8.00. The summed E-state index contributed by atoms with van der Waals surface area (Å²) < 4.78 is 10.8. The third-order valence-electron chi connectivity index (χ3n) is 3.14. The van der Waals surface area contributed by atoms with Gasteiger partial charge in [-0.1, -0.05) is 46.3 Å². The van der Waals surface area contributed by atoms with Crippen molar-refractivity contribution in [2.45, 2.75) is 6.42 Å². The van der Waals surface area contributed by atoms with E-state index in [4.69, 9.17) is 4.74 Å². The second-order valence-electron chi connectivity index (χ2n) is 4.80. The Bertz CT molecular complexity index is 707. The molecular formula is C17H17BrN2O4. The summed E-state index contributed by atoms with van der Waals surface area (Å²) in [6, 6.07) is 15.0. The summed E-state index contributed by atoms with van der Waals surface area (Å²) in [5, 5.41) is 0. The van der Waals surface area contributed by atoms with Crippen molar-refractivity contribution in [1.82, 2.24) is 10.9 Å². The number of halogens is 1. The molecule has 0 spiro atoms. The summed E-state index contributed by atoms with van der Waals surface area (Å²) in [4.78, 5) is 23.2. The summed E-state index contributed by atoms with van der Waals surface area (Å²) in [6.07, 6.45) is -0.0387. The summed E-state index contributed by atoms with van der Waals surface area (Å²) in [6.45, 7) is 0.427. The number of amides is 2. The van der Waals surface area contributed by atoms with Gasteiger partial charge in [-0.15, -0.1) is 0 Å². The van der Waals surface area contributed by atoms with E-state index in [1.54, 1.807) is 18.2 Å². The number of carbonyl (C=O) groups excluding carboxylic acids is 2. The fourth-order valence-corrected chi connectivity index (χ4v) is 2.32. The normalized spacial score (nSPS) is 9.92. The third kappa shape index (κ3) is 5.27. The molecule has 0 bridgehead atoms. The molecule has 0 aromatic heterocycles. The summed E-state index contributed by atoms with van der Waals surface area (Å²) in [7, 11) is 1.21. The van der Waals surface area contributed by atoms with Gasteiger partial charge in [0.15, 0.2) is 0 Å². The molecule has 6 nitrogen and oxygen atoms in total. The minimum atomic E-state index is -0.759. The molecule has 0 radical (unpaired) electrons. The molecule has 0 atom stereocenters. The van der Waals surface area contributed by atoms with Crippen LogP contribution in [0.15, 0.2) is 53.0 Å². The van der Waals surface area contributed by atoms with E-state index in [2.05, 4.69) is 31.5 Å². The Balaban J connectivity index is 2.01. The van der Waals surface area contributed by atoms with Gasteiger partial charge in [-0.3, -0.25) is 10.2 Å². The number of benzene rings is 2. The molecule has 0 heterocycles. The lowest BCUT2D eigenvalue weighted by atomic mass is 10.1. The van der Waals surface area contributed by atoms with Crippen LogP contribution in [0, 0.1) is 0 Å². The van der Waals surface area contributed by atoms with E-state index in [0.29, 0.717) is 17.9 Å². The Labute approximate surface area is 148 Å². The van der Waals surface area contributed by atoms with Crippen LogP contribution in [-0.2, 0) is 11.2 Å². The van der Waals surface area contributed by atoms with Gasteiger partial charge in [0.05, 0.1) is 19.3 Å². The first kappa shape index (κ1) is 17.8. The van der Waals surface area contributed by atoms with Crippen LogP contribution in [0.4, 0.5) is 4.79 Å². The largest absolute Gasteiger partial charge is 0.492 e. The van der Waals surface area contributed by atoms with Crippen LogP contribution in [0.2, 0.25) is 0 Å². The number of methoxy groups -OCH3 is 1. The highest BCUT2D eigenvalue weighted by molar-refractivity contribution is 9.10. The monoisotopic (exact) mass is 392 g/mol. The van der Waals surface area contributed by atoms with E-state index in [9.17, 15) is 9.59 Å². The molecule has 0 saturated carbocycles. The van der Waals surface area contributed by atoms with Crippen molar-refractivity contribution < 1.29 is 19.1 Å². The van der Waals surface area contributed by atoms with Crippen molar-refractivity contribution >= 4 is 27.9 Å². The SMILES string of the molecule is COC(=O)NNC(=O)c1cc(Br)ccc1OCCc1ccccc1. The molecule has 0 unspecified atom stereocenters. The van der Waals surface area contributed by atoms with Crippen molar-refractivity contribution in [3.8, 4) is 5.75 Å². The van der Waals surface area contributed by atoms with E-state index >= 15 is 0 Å². The Morgan fingerprint density at radius 2 is 1.83 bits per heavy atom. The highest BCUT2D eigenvalue weighted by Crippen LogP contribution is 2.23. The number of ether oxygens (including phenoxy) is 2. The average Bonchev–Trinajstić information content (AvgIpc) is 2.61. The topological polar surface area (TPSA) is 76.7 Å². The molecule has 0 aliphatic rings. The van der Waals surface area contributed by atoms with E-state index in [1.807, 2.05) is 30.3 Å². The first-order chi connectivity index (χ1) is 11.6. The summed E-state index contributed by atoms with van der Waals surface area (Å²) >= 11 is 3.32. The number of hydrazine groups is 1. The van der Waals surface area contributed by atoms with Crippen LogP contribution >= 0.6 is 15.9 Å². The summed E-state index contributed by atoms with van der Waals surface area (Å²) in [5.74, 6) is -0.0743. The van der Waals surface area contributed by atoms with E-state index in [1.165, 1.54) is 7.11 Å². The van der Waals surface area contributed by atoms with Crippen LogP contribution in [0.25, 0.3) is 0 Å². The Morgan fingerprint density at radius 3 is 2.54 bits per heavy atom. The molecule has 0 aliphatic heterocycles. The van der Waals surface area contributed by atoms with Gasteiger partial charge in [0.1, 0.15) is 5.75 Å². The van der Waals surface area contributed by atoms with Crippen molar-refractivity contribution in [3.63, 3.8) is 0 Å². The lowest BCUT2D eigenvalue weighted by molar-refractivity contribution is 0.0916. The number of nitrogens with one attached hydrogen (secondary N) is 2. The van der Waals surface area contributed by atoms with Gasteiger partial charge in [0.2, 0.25) is 0 Å². The molecule has 2 rings (SSSR count). The zero-order chi connectivity index (χ0) is 17.4. The molecule has 2 amide bonds. The van der Waals surface area contributed by atoms with Gasteiger partial charge in [-0.2, -0.15) is 0 Å². The molecule has 2 aromatic rings. The second kappa shape index (κ2) is 8.93. The number of hydrogen-bond donors (Lipinski definition) is 2. The van der Waals surface area contributed by atoms with Crippen molar-refractivity contribution in [2.24, 2.45) is 0 Å². The Morgan fingerprint density at radius 1 is 1.08 bits per heavy atom. The van der Waals surface area contributed by atoms with Crippen molar-refractivity contribution in [1.29, 1.82) is 0 Å². The molecule has 2 N–H and O–H groups in total. The maximum absolute atomic E-state index is 12.2. The fraction of sp³-hybridized carbons (Fsp3) is 0.176. The average molecular weight is 393 g/mol. The lowest BCUT2D eigenvalue weighted by Crippen LogP contribution is -2.41. The minimum Gasteiger partial charge on any atom is -0.492 e. The maximum Gasteiger partial charge on any atom is 0.425 e. The standard InChI is InChI=1S/C17H17BrN2O4/c1-23-17(22)20-19-16(21)14-11-13(18)7-8-15(14)24-10-9-12-5-3-2-4-6-12/h2-8,11H,9-10H2,1H3,(H,19,21)(H,20,22). The number of hydrogen-bond acceptors (Lipinski definition) is 4. The number of rotatable bonds is 5. The first-order valence-electron chi connectivity index (χ1n) is 7.20. The maximum atomic E-state index is 12.2. The number of carbonyl (C=O) groups is 2. The lowest BCUT2D eigenvalue weighted by Gasteiger charge is -2.12. The Hall–Kier alpha value is -2.54. The molecule has 24 heavy (non-hydrogen) atoms. The third-order valence-corrected chi connectivity index (χ3v) is 3.63. The van der Waals surface area contributed by atoms with Crippen LogP contribution in [0.5, 0.6) is 5.75 Å². The minimum absolute atomic E-state index is 0.300. The van der Waals surface area contributed by atoms with E-state index in [-0.39, 0.29) is 0 Å². The smallest absolute Gasteiger partial charge is 0.425 e. The van der Waals surface area contributed by atoms with Crippen molar-refractivity contribution in [2.75, 3.05) is 13.7 Å². The van der Waals surface area contributed by atoms with Crippen LogP contribution < -0.4 is 15.6 Å². The van der Waals surface area contributed by atoms with E-state index in [0.717, 1.165) is 16.5 Å². The van der Waals surface area contributed by atoms with Crippen LogP contribution in [-0.4, -0.2) is 25.7 Å². The predicted octanol–water partition coefficient (Wildman–Crippen LogP) is 3.07. The van der Waals surface area contributed by atoms with Gasteiger partial charge in [-0.25, -0.2) is 10.2 Å². The molecule has 126 valence electrons. The molecule has 2 aromatic carbocycles. The fourth-order valence-electron chi connectivity index (χ4n) is 1.96. The highest BCUT2D eigenvalue weighted by atomic mass is 79.9. The molecule has 0 saturated heterocycles. The Kier molecular flexibility index (Phi) is 6.62. The quantitative estimate of drug-likeness (QED) is 0.766. The van der Waals surface area contributed by atoms with Gasteiger partial charge in [-0.05, 0) is 23.8 Å². The van der Waals surface area contributed by atoms with Gasteiger partial charge >= 0.3 is 6.09 Å². The zero-order valence-electron chi connectivity index (χ0n) is 13.0. The molecule has 0 fully saturated rings. The molecular weight excluding hydrogens is 376 g/mol. The zero-order valence-corrected chi connectivity index (χ0v) is 14.6.